The van der Waals surface area contributed by atoms with Crippen LogP contribution in [0.2, 0.25) is 5.02 Å². The first-order valence-electron chi connectivity index (χ1n) is 8.22. The Hall–Kier alpha value is -2.12. The number of nitrogens with one attached hydrogen (secondary N) is 2. The highest BCUT2D eigenvalue weighted by atomic mass is 35.5. The number of imide groups is 1. The Morgan fingerprint density at radius 2 is 2.00 bits per heavy atom. The molecule has 0 radical (unpaired) electrons. The highest BCUT2D eigenvalue weighted by molar-refractivity contribution is 6.31. The van der Waals surface area contributed by atoms with Gasteiger partial charge in [-0.3, -0.25) is 19.9 Å². The first-order chi connectivity index (χ1) is 11.8. The molecule has 0 spiro atoms. The molecule has 25 heavy (non-hydrogen) atoms. The third-order valence-corrected chi connectivity index (χ3v) is 4.74. The Kier molecular flexibility index (Phi) is 6.02. The van der Waals surface area contributed by atoms with Crippen LogP contribution in [0.25, 0.3) is 0 Å². The van der Waals surface area contributed by atoms with Gasteiger partial charge in [-0.05, 0) is 31.5 Å². The van der Waals surface area contributed by atoms with Crippen molar-refractivity contribution in [2.75, 3.05) is 13.1 Å². The van der Waals surface area contributed by atoms with Crippen LogP contribution in [-0.2, 0) is 16.1 Å². The molecule has 1 heterocycles. The molecule has 1 fully saturated rings. The van der Waals surface area contributed by atoms with Gasteiger partial charge in [0.15, 0.2) is 0 Å². The number of rotatable bonds is 7. The van der Waals surface area contributed by atoms with E-state index in [9.17, 15) is 14.4 Å². The zero-order chi connectivity index (χ0) is 18.6. The number of hydrogen-bond acceptors (Lipinski definition) is 4. The molecular weight excluding hydrogens is 344 g/mol. The third kappa shape index (κ3) is 4.29. The molecule has 1 unspecified atom stereocenters. The molecule has 0 saturated carbocycles. The molecule has 136 valence electrons. The molecule has 4 amide bonds. The van der Waals surface area contributed by atoms with Gasteiger partial charge in [-0.1, -0.05) is 43.6 Å². The molecule has 1 aromatic carbocycles. The summed E-state index contributed by atoms with van der Waals surface area (Å²) in [4.78, 5) is 38.4. The summed E-state index contributed by atoms with van der Waals surface area (Å²) in [5.41, 5.74) is 2.32. The molecule has 1 saturated heterocycles. The average Bonchev–Trinajstić information content (AvgIpc) is 2.80. The van der Waals surface area contributed by atoms with Crippen LogP contribution in [-0.4, -0.2) is 46.4 Å². The average molecular weight is 367 g/mol. The van der Waals surface area contributed by atoms with Crippen molar-refractivity contribution in [3.05, 3.63) is 34.9 Å². The van der Waals surface area contributed by atoms with Crippen molar-refractivity contribution in [2.24, 2.45) is 0 Å². The minimum absolute atomic E-state index is 0.0433. The van der Waals surface area contributed by atoms with Crippen molar-refractivity contribution in [1.29, 1.82) is 0 Å². The van der Waals surface area contributed by atoms with Crippen LogP contribution in [0.5, 0.6) is 0 Å². The maximum atomic E-state index is 12.3. The highest BCUT2D eigenvalue weighted by Gasteiger charge is 2.47. The minimum Gasteiger partial charge on any atom is -0.322 e. The monoisotopic (exact) mass is 366 g/mol. The number of likely N-dealkylation sites (N-methyl/N-ethyl adjacent to an activating group) is 1. The first kappa shape index (κ1) is 19.2. The molecular formula is C17H23ClN4O3. The second-order valence-electron chi connectivity index (χ2n) is 6.19. The van der Waals surface area contributed by atoms with E-state index in [0.29, 0.717) is 24.5 Å². The maximum Gasteiger partial charge on any atom is 0.344 e. The summed E-state index contributed by atoms with van der Waals surface area (Å²) in [6.07, 6.45) is 0.442. The molecule has 1 atom stereocenters. The standard InChI is InChI=1S/C17H23ClN4O3/c1-4-17(3)15(24)22(16(25)19-17)20-14(23)11-21(5-2)10-12-8-6-7-9-13(12)18/h6-9H,4-5,10-11H2,1-3H3,(H,19,25)(H,20,23). The lowest BCUT2D eigenvalue weighted by molar-refractivity contribution is -0.139. The fourth-order valence-electron chi connectivity index (χ4n) is 2.54. The van der Waals surface area contributed by atoms with E-state index in [1.165, 1.54) is 0 Å². The number of amides is 4. The molecule has 0 aliphatic carbocycles. The zero-order valence-electron chi connectivity index (χ0n) is 14.6. The van der Waals surface area contributed by atoms with Gasteiger partial charge in [-0.25, -0.2) is 4.79 Å². The van der Waals surface area contributed by atoms with Crippen molar-refractivity contribution in [1.82, 2.24) is 20.7 Å². The van der Waals surface area contributed by atoms with E-state index in [4.69, 9.17) is 11.6 Å². The number of benzene rings is 1. The van der Waals surface area contributed by atoms with Gasteiger partial charge in [0.1, 0.15) is 5.54 Å². The molecule has 7 nitrogen and oxygen atoms in total. The maximum absolute atomic E-state index is 12.3. The Morgan fingerprint density at radius 3 is 2.56 bits per heavy atom. The van der Waals surface area contributed by atoms with E-state index < -0.39 is 23.4 Å². The van der Waals surface area contributed by atoms with Crippen molar-refractivity contribution in [3.63, 3.8) is 0 Å². The summed E-state index contributed by atoms with van der Waals surface area (Å²) in [5, 5.41) is 3.98. The van der Waals surface area contributed by atoms with Gasteiger partial charge in [-0.15, -0.1) is 0 Å². The number of halogens is 1. The largest absolute Gasteiger partial charge is 0.344 e. The highest BCUT2D eigenvalue weighted by Crippen LogP contribution is 2.19. The van der Waals surface area contributed by atoms with Gasteiger partial charge >= 0.3 is 6.03 Å². The summed E-state index contributed by atoms with van der Waals surface area (Å²) in [7, 11) is 0. The van der Waals surface area contributed by atoms with Gasteiger partial charge in [0, 0.05) is 11.6 Å². The molecule has 8 heteroatoms. The van der Waals surface area contributed by atoms with Gasteiger partial charge in [0.2, 0.25) is 0 Å². The fraction of sp³-hybridized carbons (Fsp3) is 0.471. The lowest BCUT2D eigenvalue weighted by Gasteiger charge is -2.23. The van der Waals surface area contributed by atoms with Crippen LogP contribution in [0.4, 0.5) is 4.79 Å². The van der Waals surface area contributed by atoms with Crippen molar-refractivity contribution >= 4 is 29.4 Å². The summed E-state index contributed by atoms with van der Waals surface area (Å²) in [6, 6.07) is 6.80. The third-order valence-electron chi connectivity index (χ3n) is 4.37. The van der Waals surface area contributed by atoms with E-state index >= 15 is 0 Å². The topological polar surface area (TPSA) is 81.8 Å². The van der Waals surface area contributed by atoms with E-state index in [-0.39, 0.29) is 6.54 Å². The minimum atomic E-state index is -0.980. The van der Waals surface area contributed by atoms with Crippen molar-refractivity contribution in [2.45, 2.75) is 39.3 Å². The summed E-state index contributed by atoms with van der Waals surface area (Å²) < 4.78 is 0. The van der Waals surface area contributed by atoms with Crippen molar-refractivity contribution in [3.8, 4) is 0 Å². The first-order valence-corrected chi connectivity index (χ1v) is 8.60. The molecule has 2 rings (SSSR count). The van der Waals surface area contributed by atoms with E-state index in [1.807, 2.05) is 30.0 Å². The normalized spacial score (nSPS) is 20.1. The lowest BCUT2D eigenvalue weighted by atomic mass is 10.00. The van der Waals surface area contributed by atoms with Crippen LogP contribution in [0.15, 0.2) is 24.3 Å². The molecule has 1 aliphatic heterocycles. The van der Waals surface area contributed by atoms with Crippen LogP contribution in [0, 0.1) is 0 Å². The molecule has 0 aromatic heterocycles. The molecule has 1 aliphatic rings. The quantitative estimate of drug-likeness (QED) is 0.722. The Bertz CT molecular complexity index is 682. The number of nitrogens with zero attached hydrogens (tertiary/aromatic N) is 2. The molecule has 0 bridgehead atoms. The Balaban J connectivity index is 1.98. The smallest absolute Gasteiger partial charge is 0.322 e. The van der Waals surface area contributed by atoms with Crippen LogP contribution >= 0.6 is 11.6 Å². The Labute approximate surface area is 152 Å². The Morgan fingerprint density at radius 1 is 1.32 bits per heavy atom. The van der Waals surface area contributed by atoms with Crippen molar-refractivity contribution < 1.29 is 14.4 Å². The van der Waals surface area contributed by atoms with Gasteiger partial charge in [-0.2, -0.15) is 5.01 Å². The van der Waals surface area contributed by atoms with Crippen LogP contribution < -0.4 is 10.7 Å². The summed E-state index contributed by atoms with van der Waals surface area (Å²) >= 11 is 6.15. The summed E-state index contributed by atoms with van der Waals surface area (Å²) in [6.45, 7) is 6.51. The number of carbonyl (C=O) groups is 3. The fourth-order valence-corrected chi connectivity index (χ4v) is 2.73. The summed E-state index contributed by atoms with van der Waals surface area (Å²) in [5.74, 6) is -0.889. The van der Waals surface area contributed by atoms with Gasteiger partial charge in [0.25, 0.3) is 11.8 Å². The number of urea groups is 1. The number of hydrazine groups is 1. The molecule has 2 N–H and O–H groups in total. The van der Waals surface area contributed by atoms with Gasteiger partial charge < -0.3 is 5.32 Å². The number of carbonyl (C=O) groups excluding carboxylic acids is 3. The SMILES string of the molecule is CCN(CC(=O)NN1C(=O)NC(C)(CC)C1=O)Cc1ccccc1Cl. The van der Waals surface area contributed by atoms with E-state index in [1.54, 1.807) is 19.9 Å². The second-order valence-corrected chi connectivity index (χ2v) is 6.59. The van der Waals surface area contributed by atoms with Crippen LogP contribution in [0.1, 0.15) is 32.8 Å². The number of hydrogen-bond donors (Lipinski definition) is 2. The van der Waals surface area contributed by atoms with E-state index in [2.05, 4.69) is 10.7 Å². The predicted octanol–water partition coefficient (Wildman–Crippen LogP) is 1.91. The van der Waals surface area contributed by atoms with Gasteiger partial charge in [0.05, 0.1) is 6.54 Å². The zero-order valence-corrected chi connectivity index (χ0v) is 15.4. The lowest BCUT2D eigenvalue weighted by Crippen LogP contribution is -2.51. The predicted molar refractivity (Wildman–Crippen MR) is 94.6 cm³/mol. The van der Waals surface area contributed by atoms with Crippen LogP contribution in [0.3, 0.4) is 0 Å². The van der Waals surface area contributed by atoms with E-state index in [0.717, 1.165) is 10.6 Å². The second kappa shape index (κ2) is 7.84. The molecule has 1 aromatic rings.